The Morgan fingerprint density at radius 2 is 2.00 bits per heavy atom. The molecule has 0 bridgehead atoms. The van der Waals surface area contributed by atoms with Gasteiger partial charge in [0.25, 0.3) is 0 Å². The van der Waals surface area contributed by atoms with E-state index in [0.29, 0.717) is 11.3 Å². The van der Waals surface area contributed by atoms with Gasteiger partial charge in [0.05, 0.1) is 22.4 Å². The normalized spacial score (nSPS) is 29.4. The van der Waals surface area contributed by atoms with Gasteiger partial charge < -0.3 is 4.74 Å². The summed E-state index contributed by atoms with van der Waals surface area (Å²) in [5.74, 6) is 0. The molecule has 0 radical (unpaired) electrons. The van der Waals surface area contributed by atoms with Gasteiger partial charge in [-0.25, -0.2) is 8.42 Å². The Hall–Kier alpha value is -0.140. The molecule has 1 heterocycles. The smallest absolute Gasteiger partial charge is 0.183 e. The van der Waals surface area contributed by atoms with Crippen LogP contribution in [0.1, 0.15) is 13.3 Å². The molecular weight excluding hydrogens is 351 g/mol. The van der Waals surface area contributed by atoms with Crippen molar-refractivity contribution in [2.45, 2.75) is 35.7 Å². The molecule has 1 aliphatic rings. The molecule has 0 unspecified atom stereocenters. The molecule has 0 saturated carbocycles. The van der Waals surface area contributed by atoms with E-state index in [-0.39, 0.29) is 12.2 Å². The Labute approximate surface area is 116 Å². The van der Waals surface area contributed by atoms with E-state index in [9.17, 15) is 8.42 Å². The van der Waals surface area contributed by atoms with E-state index < -0.39 is 15.1 Å². The van der Waals surface area contributed by atoms with Gasteiger partial charge in [-0.15, -0.1) is 0 Å². The van der Waals surface area contributed by atoms with Crippen LogP contribution in [-0.4, -0.2) is 30.3 Å². The fraction of sp³-hybridized carbons (Fsp3) is 0.500. The Balaban J connectivity index is 2.28. The molecule has 1 aliphatic heterocycles. The second-order valence-electron chi connectivity index (χ2n) is 4.25. The van der Waals surface area contributed by atoms with Crippen molar-refractivity contribution in [1.29, 1.82) is 0 Å². The highest BCUT2D eigenvalue weighted by Gasteiger charge is 2.41. The molecule has 3 nitrogen and oxygen atoms in total. The molecule has 0 N–H and O–H groups in total. The van der Waals surface area contributed by atoms with Gasteiger partial charge in [-0.1, -0.05) is 40.8 Å². The summed E-state index contributed by atoms with van der Waals surface area (Å²) in [6.07, 6.45) is 0.440. The first-order chi connectivity index (χ1) is 8.05. The van der Waals surface area contributed by atoms with Crippen LogP contribution < -0.4 is 0 Å². The van der Waals surface area contributed by atoms with Crippen molar-refractivity contribution < 1.29 is 13.2 Å². The molecule has 0 spiro atoms. The molecule has 1 aromatic rings. The standard InChI is InChI=1S/C12H15IO3S/c1-9-12(7-10(8-13)16-9)17(14,15)11-5-3-2-4-6-11/h2-6,9-10,12H,7-8H2,1H3/t9-,10+,12-/m1/s1. The number of hydrogen-bond donors (Lipinski definition) is 0. The second kappa shape index (κ2) is 5.24. The predicted octanol–water partition coefficient (Wildman–Crippen LogP) is 2.44. The fourth-order valence-electron chi connectivity index (χ4n) is 2.16. The van der Waals surface area contributed by atoms with Crippen molar-refractivity contribution in [3.63, 3.8) is 0 Å². The topological polar surface area (TPSA) is 43.4 Å². The summed E-state index contributed by atoms with van der Waals surface area (Å²) >= 11 is 2.23. The van der Waals surface area contributed by atoms with Crippen LogP contribution in [-0.2, 0) is 14.6 Å². The minimum Gasteiger partial charge on any atom is -0.373 e. The van der Waals surface area contributed by atoms with Crippen molar-refractivity contribution >= 4 is 32.4 Å². The maximum Gasteiger partial charge on any atom is 0.183 e. The molecule has 94 valence electrons. The van der Waals surface area contributed by atoms with E-state index in [1.807, 2.05) is 13.0 Å². The SMILES string of the molecule is C[C@H]1O[C@H](CI)C[C@H]1S(=O)(=O)c1ccccc1. The van der Waals surface area contributed by atoms with Crippen molar-refractivity contribution in [3.8, 4) is 0 Å². The average Bonchev–Trinajstić information content (AvgIpc) is 2.72. The van der Waals surface area contributed by atoms with Gasteiger partial charge in [-0.3, -0.25) is 0 Å². The number of halogens is 1. The number of rotatable bonds is 3. The number of hydrogen-bond acceptors (Lipinski definition) is 3. The van der Waals surface area contributed by atoms with Crippen LogP contribution in [0.5, 0.6) is 0 Å². The van der Waals surface area contributed by atoms with Crippen LogP contribution in [0.4, 0.5) is 0 Å². The zero-order valence-corrected chi connectivity index (χ0v) is 12.5. The zero-order valence-electron chi connectivity index (χ0n) is 9.54. The fourth-order valence-corrected chi connectivity index (χ4v) is 4.65. The van der Waals surface area contributed by atoms with E-state index in [2.05, 4.69) is 22.6 Å². The van der Waals surface area contributed by atoms with Crippen LogP contribution in [0.25, 0.3) is 0 Å². The summed E-state index contributed by atoms with van der Waals surface area (Å²) in [6.45, 7) is 1.84. The molecule has 3 atom stereocenters. The summed E-state index contributed by atoms with van der Waals surface area (Å²) in [7, 11) is -3.26. The highest BCUT2D eigenvalue weighted by Crippen LogP contribution is 2.31. The Bertz CT molecular complexity index is 472. The van der Waals surface area contributed by atoms with E-state index >= 15 is 0 Å². The highest BCUT2D eigenvalue weighted by molar-refractivity contribution is 14.1. The molecule has 5 heteroatoms. The lowest BCUT2D eigenvalue weighted by Gasteiger charge is -2.14. The first-order valence-electron chi connectivity index (χ1n) is 5.56. The Morgan fingerprint density at radius 3 is 2.53 bits per heavy atom. The van der Waals surface area contributed by atoms with Crippen LogP contribution in [0.15, 0.2) is 35.2 Å². The molecule has 1 saturated heterocycles. The largest absolute Gasteiger partial charge is 0.373 e. The van der Waals surface area contributed by atoms with Crippen LogP contribution in [0, 0.1) is 0 Å². The summed E-state index contributed by atoms with van der Waals surface area (Å²) < 4.78 is 31.3. The summed E-state index contributed by atoms with van der Waals surface area (Å²) in [5, 5.41) is -0.412. The van der Waals surface area contributed by atoms with Gasteiger partial charge in [0.15, 0.2) is 9.84 Å². The summed E-state index contributed by atoms with van der Waals surface area (Å²) in [4.78, 5) is 0.398. The molecule has 1 aromatic carbocycles. The third-order valence-electron chi connectivity index (χ3n) is 3.07. The Morgan fingerprint density at radius 1 is 1.35 bits per heavy atom. The van der Waals surface area contributed by atoms with E-state index in [1.54, 1.807) is 24.3 Å². The number of alkyl halides is 1. The third kappa shape index (κ3) is 2.66. The van der Waals surface area contributed by atoms with Crippen molar-refractivity contribution in [1.82, 2.24) is 0 Å². The van der Waals surface area contributed by atoms with Crippen LogP contribution in [0.3, 0.4) is 0 Å². The van der Waals surface area contributed by atoms with Gasteiger partial charge in [0.1, 0.15) is 0 Å². The highest BCUT2D eigenvalue weighted by atomic mass is 127. The van der Waals surface area contributed by atoms with Crippen molar-refractivity contribution in [2.75, 3.05) is 4.43 Å². The molecule has 2 rings (SSSR count). The van der Waals surface area contributed by atoms with Gasteiger partial charge in [0, 0.05) is 4.43 Å². The molecule has 0 aromatic heterocycles. The van der Waals surface area contributed by atoms with E-state index in [0.717, 1.165) is 4.43 Å². The maximum absolute atomic E-state index is 12.4. The third-order valence-corrected chi connectivity index (χ3v) is 6.35. The summed E-state index contributed by atoms with van der Waals surface area (Å²) in [5.41, 5.74) is 0. The lowest BCUT2D eigenvalue weighted by atomic mass is 10.2. The monoisotopic (exact) mass is 366 g/mol. The number of ether oxygens (including phenoxy) is 1. The minimum atomic E-state index is -3.26. The van der Waals surface area contributed by atoms with Gasteiger partial charge in [0.2, 0.25) is 0 Å². The lowest BCUT2D eigenvalue weighted by Crippen LogP contribution is -2.28. The summed E-state index contributed by atoms with van der Waals surface area (Å²) in [6, 6.07) is 8.63. The number of sulfone groups is 1. The zero-order chi connectivity index (χ0) is 12.5. The molecule has 17 heavy (non-hydrogen) atoms. The van der Waals surface area contributed by atoms with Crippen molar-refractivity contribution in [3.05, 3.63) is 30.3 Å². The molecule has 0 amide bonds. The van der Waals surface area contributed by atoms with Gasteiger partial charge in [-0.2, -0.15) is 0 Å². The molecular formula is C12H15IO3S. The second-order valence-corrected chi connectivity index (χ2v) is 7.30. The Kier molecular flexibility index (Phi) is 4.10. The molecule has 1 fully saturated rings. The van der Waals surface area contributed by atoms with Crippen LogP contribution in [0.2, 0.25) is 0 Å². The minimum absolute atomic E-state index is 0.0640. The van der Waals surface area contributed by atoms with Gasteiger partial charge >= 0.3 is 0 Å². The van der Waals surface area contributed by atoms with Crippen LogP contribution >= 0.6 is 22.6 Å². The quantitative estimate of drug-likeness (QED) is 0.610. The number of benzene rings is 1. The first-order valence-corrected chi connectivity index (χ1v) is 8.63. The van der Waals surface area contributed by atoms with Gasteiger partial charge in [-0.05, 0) is 25.5 Å². The average molecular weight is 366 g/mol. The first kappa shape index (κ1) is 13.3. The molecule has 0 aliphatic carbocycles. The van der Waals surface area contributed by atoms with E-state index in [4.69, 9.17) is 4.74 Å². The van der Waals surface area contributed by atoms with Crippen molar-refractivity contribution in [2.24, 2.45) is 0 Å². The predicted molar refractivity (Wildman–Crippen MR) is 75.3 cm³/mol. The van der Waals surface area contributed by atoms with E-state index in [1.165, 1.54) is 0 Å². The maximum atomic E-state index is 12.4. The lowest BCUT2D eigenvalue weighted by molar-refractivity contribution is 0.0722.